The quantitative estimate of drug-likeness (QED) is 0.539. The third-order valence-corrected chi connectivity index (χ3v) is 5.95. The van der Waals surface area contributed by atoms with Crippen LogP contribution in [0.4, 0.5) is 4.79 Å². The van der Waals surface area contributed by atoms with Crippen molar-refractivity contribution in [3.63, 3.8) is 0 Å². The minimum atomic E-state index is -3.80. The van der Waals surface area contributed by atoms with Crippen molar-refractivity contribution in [1.29, 1.82) is 0 Å². The highest BCUT2D eigenvalue weighted by Gasteiger charge is 2.42. The number of hydrogen-bond acceptors (Lipinski definition) is 5. The normalized spacial score (nSPS) is 19.9. The number of carbonyl (C=O) groups is 1. The fourth-order valence-corrected chi connectivity index (χ4v) is 4.39. The van der Waals surface area contributed by atoms with Gasteiger partial charge in [-0.15, -0.1) is 0 Å². The number of hydrogen-bond donors (Lipinski definition) is 3. The largest absolute Gasteiger partial charge is 0.444 e. The highest BCUT2D eigenvalue weighted by molar-refractivity contribution is 7.87. The Bertz CT molecular complexity index is 843. The van der Waals surface area contributed by atoms with Gasteiger partial charge in [0.2, 0.25) is 0 Å². The van der Waals surface area contributed by atoms with E-state index in [1.807, 2.05) is 20.8 Å². The fourth-order valence-electron chi connectivity index (χ4n) is 3.77. The Morgan fingerprint density at radius 1 is 1.40 bits per heavy atom. The van der Waals surface area contributed by atoms with E-state index in [-0.39, 0.29) is 18.9 Å². The minimum Gasteiger partial charge on any atom is -0.444 e. The van der Waals surface area contributed by atoms with Crippen molar-refractivity contribution < 1.29 is 23.1 Å². The molecule has 8 nitrogen and oxygen atoms in total. The first kappa shape index (κ1) is 24.9. The number of amides is 1. The van der Waals surface area contributed by atoms with Crippen LogP contribution in [0, 0.1) is 5.92 Å². The molecule has 1 fully saturated rings. The molecule has 1 amide bonds. The first-order valence-corrected chi connectivity index (χ1v) is 12.0. The molecule has 0 aliphatic carbocycles. The van der Waals surface area contributed by atoms with Crippen LogP contribution < -0.4 is 9.86 Å². The van der Waals surface area contributed by atoms with E-state index in [9.17, 15) is 18.3 Å². The second-order valence-electron chi connectivity index (χ2n) is 8.74. The van der Waals surface area contributed by atoms with Crippen LogP contribution in [-0.2, 0) is 20.5 Å². The van der Waals surface area contributed by atoms with Gasteiger partial charge >= 0.3 is 6.09 Å². The molecular formula is C20H32ClN3O5S. The summed E-state index contributed by atoms with van der Waals surface area (Å²) < 4.78 is 30.0. The van der Waals surface area contributed by atoms with Crippen molar-refractivity contribution in [2.24, 2.45) is 11.1 Å². The molecule has 1 aromatic carbocycles. The molecule has 0 unspecified atom stereocenters. The predicted octanol–water partition coefficient (Wildman–Crippen LogP) is 2.75. The van der Waals surface area contributed by atoms with Crippen LogP contribution in [0.3, 0.4) is 0 Å². The van der Waals surface area contributed by atoms with E-state index in [2.05, 4.69) is 4.72 Å². The molecule has 0 aromatic heterocycles. The van der Waals surface area contributed by atoms with Gasteiger partial charge in [-0.05, 0) is 64.2 Å². The van der Waals surface area contributed by atoms with E-state index in [1.165, 1.54) is 0 Å². The standard InChI is InChI=1S/C20H32ClN3O5S/c1-19(2,3)29-18(25)24-12-5-8-16(14-24)20(26,10-6-11-23-30(22,27)28)15-7-4-9-17(21)13-15/h4,7,9,13,16,23,26H,5-6,8,10-12,14H2,1-3H3,(H2,22,27,28)/t16-,20-/m1/s1. The number of nitrogens with zero attached hydrogens (tertiary/aromatic N) is 1. The van der Waals surface area contributed by atoms with Gasteiger partial charge < -0.3 is 14.7 Å². The zero-order valence-electron chi connectivity index (χ0n) is 17.7. The maximum atomic E-state index is 12.6. The average Bonchev–Trinajstić information content (AvgIpc) is 2.63. The van der Waals surface area contributed by atoms with E-state index in [1.54, 1.807) is 29.2 Å². The first-order valence-electron chi connectivity index (χ1n) is 10.0. The van der Waals surface area contributed by atoms with Gasteiger partial charge in [0.1, 0.15) is 5.60 Å². The van der Waals surface area contributed by atoms with Gasteiger partial charge in [0.05, 0.1) is 5.60 Å². The first-order chi connectivity index (χ1) is 13.8. The minimum absolute atomic E-state index is 0.101. The Morgan fingerprint density at radius 3 is 2.70 bits per heavy atom. The van der Waals surface area contributed by atoms with Crippen molar-refractivity contribution in [2.45, 2.75) is 57.7 Å². The topological polar surface area (TPSA) is 122 Å². The summed E-state index contributed by atoms with van der Waals surface area (Å²) >= 11 is 6.16. The molecule has 10 heteroatoms. The zero-order valence-corrected chi connectivity index (χ0v) is 19.3. The smallest absolute Gasteiger partial charge is 0.410 e. The molecule has 0 bridgehead atoms. The predicted molar refractivity (Wildman–Crippen MR) is 116 cm³/mol. The number of benzene rings is 1. The van der Waals surface area contributed by atoms with Crippen LogP contribution in [0.25, 0.3) is 0 Å². The lowest BCUT2D eigenvalue weighted by Gasteiger charge is -2.43. The molecule has 4 N–H and O–H groups in total. The molecule has 1 aliphatic rings. The van der Waals surface area contributed by atoms with Crippen molar-refractivity contribution in [3.8, 4) is 0 Å². The summed E-state index contributed by atoms with van der Waals surface area (Å²) in [7, 11) is -3.80. The number of aliphatic hydroxyl groups is 1. The molecule has 2 rings (SSSR count). The molecule has 1 saturated heterocycles. The van der Waals surface area contributed by atoms with E-state index >= 15 is 0 Å². The van der Waals surface area contributed by atoms with Crippen LogP contribution in [0.1, 0.15) is 52.0 Å². The highest BCUT2D eigenvalue weighted by Crippen LogP contribution is 2.40. The van der Waals surface area contributed by atoms with Crippen molar-refractivity contribution in [2.75, 3.05) is 19.6 Å². The van der Waals surface area contributed by atoms with Crippen LogP contribution >= 0.6 is 11.6 Å². The van der Waals surface area contributed by atoms with Gasteiger partial charge in [0.25, 0.3) is 10.2 Å². The molecule has 0 saturated carbocycles. The number of nitrogens with two attached hydrogens (primary N) is 1. The average molecular weight is 462 g/mol. The maximum absolute atomic E-state index is 12.6. The second kappa shape index (κ2) is 9.82. The molecule has 1 aromatic rings. The van der Waals surface area contributed by atoms with Crippen LogP contribution in [0.5, 0.6) is 0 Å². The summed E-state index contributed by atoms with van der Waals surface area (Å²) in [6.45, 7) is 6.43. The van der Waals surface area contributed by atoms with E-state index in [0.29, 0.717) is 36.5 Å². The van der Waals surface area contributed by atoms with Gasteiger partial charge in [-0.1, -0.05) is 23.7 Å². The molecule has 0 radical (unpaired) electrons. The molecular weight excluding hydrogens is 430 g/mol. The number of likely N-dealkylation sites (tertiary alicyclic amines) is 1. The second-order valence-corrected chi connectivity index (χ2v) is 10.6. The zero-order chi connectivity index (χ0) is 22.6. The molecule has 2 atom stereocenters. The van der Waals surface area contributed by atoms with Crippen molar-refractivity contribution >= 4 is 27.9 Å². The van der Waals surface area contributed by atoms with E-state index < -0.39 is 27.5 Å². The molecule has 170 valence electrons. The molecule has 30 heavy (non-hydrogen) atoms. The van der Waals surface area contributed by atoms with Gasteiger partial charge in [0.15, 0.2) is 0 Å². The van der Waals surface area contributed by atoms with Gasteiger partial charge in [-0.3, -0.25) is 0 Å². The van der Waals surface area contributed by atoms with Crippen LogP contribution in [0.15, 0.2) is 24.3 Å². The molecule has 1 heterocycles. The fraction of sp³-hybridized carbons (Fsp3) is 0.650. The number of piperidine rings is 1. The Hall–Kier alpha value is -1.39. The maximum Gasteiger partial charge on any atom is 0.410 e. The number of carbonyl (C=O) groups excluding carboxylic acids is 1. The van der Waals surface area contributed by atoms with Crippen LogP contribution in [0.2, 0.25) is 5.02 Å². The van der Waals surface area contributed by atoms with Crippen molar-refractivity contribution in [1.82, 2.24) is 9.62 Å². The highest BCUT2D eigenvalue weighted by atomic mass is 35.5. The Kier molecular flexibility index (Phi) is 8.15. The monoisotopic (exact) mass is 461 g/mol. The summed E-state index contributed by atoms with van der Waals surface area (Å²) in [5.41, 5.74) is -1.25. The summed E-state index contributed by atoms with van der Waals surface area (Å²) in [5.74, 6) is -0.258. The molecule has 1 aliphatic heterocycles. The number of ether oxygens (including phenoxy) is 1. The third-order valence-electron chi connectivity index (χ3n) is 5.11. The SMILES string of the molecule is CC(C)(C)OC(=O)N1CCC[C@@H]([C@@](O)(CCCNS(N)(=O)=O)c2cccc(Cl)c2)C1. The Labute approximate surface area is 183 Å². The summed E-state index contributed by atoms with van der Waals surface area (Å²) in [6, 6.07) is 6.99. The third kappa shape index (κ3) is 7.39. The number of nitrogens with one attached hydrogen (secondary N) is 1. The lowest BCUT2D eigenvalue weighted by Crippen LogP contribution is -2.49. The number of halogens is 1. The number of rotatable bonds is 7. The Morgan fingerprint density at radius 2 is 2.10 bits per heavy atom. The van der Waals surface area contributed by atoms with Gasteiger partial charge in [-0.2, -0.15) is 8.42 Å². The van der Waals surface area contributed by atoms with E-state index in [0.717, 1.165) is 6.42 Å². The Balaban J connectivity index is 2.21. The van der Waals surface area contributed by atoms with Gasteiger partial charge in [-0.25, -0.2) is 14.7 Å². The van der Waals surface area contributed by atoms with Crippen molar-refractivity contribution in [3.05, 3.63) is 34.9 Å². The van der Waals surface area contributed by atoms with E-state index in [4.69, 9.17) is 21.5 Å². The lowest BCUT2D eigenvalue weighted by atomic mass is 9.74. The summed E-state index contributed by atoms with van der Waals surface area (Å²) in [6.07, 6.45) is 1.68. The lowest BCUT2D eigenvalue weighted by molar-refractivity contribution is -0.0631. The van der Waals surface area contributed by atoms with Crippen LogP contribution in [-0.4, -0.2) is 49.8 Å². The summed E-state index contributed by atoms with van der Waals surface area (Å²) in [5, 5.41) is 17.2. The summed E-state index contributed by atoms with van der Waals surface area (Å²) in [4.78, 5) is 14.2. The molecule has 0 spiro atoms. The van der Waals surface area contributed by atoms with Gasteiger partial charge in [0, 0.05) is 30.6 Å².